The zero-order valence-corrected chi connectivity index (χ0v) is 25.0. The van der Waals surface area contributed by atoms with Crippen molar-refractivity contribution in [3.63, 3.8) is 0 Å². The summed E-state index contributed by atoms with van der Waals surface area (Å²) in [5, 5.41) is 21.0. The second-order valence-corrected chi connectivity index (χ2v) is 12.2. The molecule has 0 saturated carbocycles. The molecule has 1 aliphatic heterocycles. The normalized spacial score (nSPS) is 18.0. The van der Waals surface area contributed by atoms with E-state index < -0.39 is 51.5 Å². The van der Waals surface area contributed by atoms with Gasteiger partial charge in [-0.05, 0) is 25.3 Å². The minimum absolute atomic E-state index is 0.0220. The SMILES string of the molecule is O=C1NC(O)C=CN1C[C@@H](CO)OCP(=O)(O)OCCCOCCCCCCCCCCCCCCCC(F)(F)F. The molecule has 4 N–H and O–H groups in total. The molecule has 14 heteroatoms. The van der Waals surface area contributed by atoms with Crippen LogP contribution in [0.5, 0.6) is 0 Å². The lowest BCUT2D eigenvalue weighted by molar-refractivity contribution is -0.135. The lowest BCUT2D eigenvalue weighted by Gasteiger charge is -2.28. The standard InChI is InChI=1S/C27H50F3N2O8P/c28-27(29,30)16-12-10-8-6-4-2-1-3-5-7-9-11-13-18-38-19-14-20-40-41(36,37)23-39-24(22-33)21-32-17-15-25(34)31-26(32)35/h15,17,24-25,33-34H,1-14,16,18-23H2,(H,31,35)(H,36,37)/t24-,25?/m0/s1. The summed E-state index contributed by atoms with van der Waals surface area (Å²) >= 11 is 0. The predicted molar refractivity (Wildman–Crippen MR) is 149 cm³/mol. The summed E-state index contributed by atoms with van der Waals surface area (Å²) < 4.78 is 64.2. The molecule has 0 aromatic rings. The van der Waals surface area contributed by atoms with Gasteiger partial charge >= 0.3 is 19.8 Å². The highest BCUT2D eigenvalue weighted by Gasteiger charge is 2.26. The van der Waals surface area contributed by atoms with Crippen molar-refractivity contribution < 1.29 is 51.6 Å². The van der Waals surface area contributed by atoms with Crippen LogP contribution in [0.3, 0.4) is 0 Å². The number of amides is 2. The average molecular weight is 619 g/mol. The van der Waals surface area contributed by atoms with Gasteiger partial charge in [0.1, 0.15) is 12.6 Å². The number of carbonyl (C=O) groups excluding carboxylic acids is 1. The van der Waals surface area contributed by atoms with Gasteiger partial charge in [-0.1, -0.05) is 70.6 Å². The van der Waals surface area contributed by atoms with Gasteiger partial charge in [0.05, 0.1) is 25.9 Å². The molecule has 242 valence electrons. The van der Waals surface area contributed by atoms with Gasteiger partial charge in [0.25, 0.3) is 0 Å². The van der Waals surface area contributed by atoms with E-state index in [9.17, 15) is 37.6 Å². The maximum atomic E-state index is 12.2. The summed E-state index contributed by atoms with van der Waals surface area (Å²) in [5.74, 6) is 0. The molecule has 0 fully saturated rings. The topological polar surface area (TPSA) is 138 Å². The van der Waals surface area contributed by atoms with E-state index in [4.69, 9.17) is 14.0 Å². The Morgan fingerprint density at radius 1 is 0.902 bits per heavy atom. The fourth-order valence-corrected chi connectivity index (χ4v) is 5.11. The maximum absolute atomic E-state index is 12.2. The molecule has 0 aliphatic carbocycles. The molecule has 0 aromatic heterocycles. The molecular weight excluding hydrogens is 568 g/mol. The van der Waals surface area contributed by atoms with Gasteiger partial charge in [-0.2, -0.15) is 13.2 Å². The Kier molecular flexibility index (Phi) is 20.6. The first-order chi connectivity index (χ1) is 19.5. The van der Waals surface area contributed by atoms with Crippen LogP contribution < -0.4 is 5.32 Å². The Labute approximate surface area is 242 Å². The number of nitrogens with zero attached hydrogens (tertiary/aromatic N) is 1. The third-order valence-corrected chi connectivity index (χ3v) is 7.59. The van der Waals surface area contributed by atoms with Crippen molar-refractivity contribution in [1.82, 2.24) is 10.2 Å². The van der Waals surface area contributed by atoms with Crippen LogP contribution in [-0.4, -0.2) is 83.9 Å². The highest BCUT2D eigenvalue weighted by atomic mass is 31.2. The van der Waals surface area contributed by atoms with Gasteiger partial charge in [0, 0.05) is 25.8 Å². The first-order valence-electron chi connectivity index (χ1n) is 14.8. The first kappa shape index (κ1) is 37.8. The number of rotatable bonds is 26. The van der Waals surface area contributed by atoms with Crippen molar-refractivity contribution >= 4 is 13.6 Å². The largest absolute Gasteiger partial charge is 0.394 e. The highest BCUT2D eigenvalue weighted by Crippen LogP contribution is 2.42. The third-order valence-electron chi connectivity index (χ3n) is 6.53. The number of carbonyl (C=O) groups is 1. The van der Waals surface area contributed by atoms with Gasteiger partial charge in [-0.25, -0.2) is 4.79 Å². The number of unbranched alkanes of at least 4 members (excludes halogenated alkanes) is 12. The number of aliphatic hydroxyl groups excluding tert-OH is 2. The molecule has 1 aliphatic rings. The van der Waals surface area contributed by atoms with E-state index in [2.05, 4.69) is 5.32 Å². The van der Waals surface area contributed by atoms with Gasteiger partial charge in [0.15, 0.2) is 0 Å². The van der Waals surface area contributed by atoms with E-state index in [1.807, 2.05) is 0 Å². The molecule has 0 radical (unpaired) electrons. The van der Waals surface area contributed by atoms with Crippen molar-refractivity contribution in [2.75, 3.05) is 39.3 Å². The Hall–Kier alpha value is -1.21. The Morgan fingerprint density at radius 3 is 1.98 bits per heavy atom. The monoisotopic (exact) mass is 618 g/mol. The Morgan fingerprint density at radius 2 is 1.44 bits per heavy atom. The number of aliphatic hydroxyl groups is 2. The quantitative estimate of drug-likeness (QED) is 0.0704. The molecule has 2 amide bonds. The molecule has 1 rings (SSSR count). The number of halogens is 3. The van der Waals surface area contributed by atoms with Gasteiger partial charge in [0.2, 0.25) is 0 Å². The van der Waals surface area contributed by atoms with Crippen LogP contribution in [-0.2, 0) is 18.6 Å². The van der Waals surface area contributed by atoms with Crippen molar-refractivity contribution in [2.24, 2.45) is 0 Å². The minimum Gasteiger partial charge on any atom is -0.394 e. The molecule has 0 bridgehead atoms. The van der Waals surface area contributed by atoms with Crippen LogP contribution in [0.1, 0.15) is 96.3 Å². The molecule has 1 heterocycles. The first-order valence-corrected chi connectivity index (χ1v) is 16.6. The third kappa shape index (κ3) is 22.1. The second kappa shape index (κ2) is 22.3. The molecule has 3 atom stereocenters. The van der Waals surface area contributed by atoms with E-state index in [1.165, 1.54) is 42.9 Å². The molecule has 41 heavy (non-hydrogen) atoms. The summed E-state index contributed by atoms with van der Waals surface area (Å²) in [4.78, 5) is 22.9. The van der Waals surface area contributed by atoms with Gasteiger partial charge in [-0.15, -0.1) is 0 Å². The van der Waals surface area contributed by atoms with E-state index in [-0.39, 0.29) is 19.6 Å². The van der Waals surface area contributed by atoms with Crippen LogP contribution in [0.4, 0.5) is 18.0 Å². The summed E-state index contributed by atoms with van der Waals surface area (Å²) in [7, 11) is -4.04. The molecule has 2 unspecified atom stereocenters. The van der Waals surface area contributed by atoms with Crippen molar-refractivity contribution in [3.8, 4) is 0 Å². The Balaban J connectivity index is 1.89. The van der Waals surface area contributed by atoms with Crippen LogP contribution >= 0.6 is 7.60 Å². The maximum Gasteiger partial charge on any atom is 0.389 e. The van der Waals surface area contributed by atoms with E-state index in [0.717, 1.165) is 44.9 Å². The van der Waals surface area contributed by atoms with Crippen molar-refractivity contribution in [2.45, 2.75) is 115 Å². The van der Waals surface area contributed by atoms with Gasteiger partial charge < -0.3 is 34.4 Å². The predicted octanol–water partition coefficient (Wildman–Crippen LogP) is 5.81. The number of alkyl halides is 3. The van der Waals surface area contributed by atoms with Crippen LogP contribution in [0, 0.1) is 0 Å². The summed E-state index contributed by atoms with van der Waals surface area (Å²) in [6, 6.07) is -0.578. The molecule has 10 nitrogen and oxygen atoms in total. The number of hydrogen-bond donors (Lipinski definition) is 4. The fraction of sp³-hybridized carbons (Fsp3) is 0.889. The number of ether oxygens (including phenoxy) is 2. The van der Waals surface area contributed by atoms with Crippen LogP contribution in [0.15, 0.2) is 12.3 Å². The van der Waals surface area contributed by atoms with Gasteiger partial charge in [-0.3, -0.25) is 9.46 Å². The zero-order chi connectivity index (χ0) is 30.4. The smallest absolute Gasteiger partial charge is 0.389 e. The summed E-state index contributed by atoms with van der Waals surface area (Å²) in [6.07, 6.45) is 8.85. The van der Waals surface area contributed by atoms with E-state index in [1.54, 1.807) is 0 Å². The number of urea groups is 1. The number of nitrogens with one attached hydrogen (secondary N) is 1. The lowest BCUT2D eigenvalue weighted by atomic mass is 10.0. The molecule has 0 spiro atoms. The average Bonchev–Trinajstić information content (AvgIpc) is 2.90. The number of hydrogen-bond acceptors (Lipinski definition) is 7. The Bertz CT molecular complexity index is 761. The van der Waals surface area contributed by atoms with E-state index >= 15 is 0 Å². The zero-order valence-electron chi connectivity index (χ0n) is 24.1. The lowest BCUT2D eigenvalue weighted by Crippen LogP contribution is -2.48. The van der Waals surface area contributed by atoms with E-state index in [0.29, 0.717) is 26.1 Å². The van der Waals surface area contributed by atoms with Crippen LogP contribution in [0.25, 0.3) is 0 Å². The summed E-state index contributed by atoms with van der Waals surface area (Å²) in [5.41, 5.74) is 0. The highest BCUT2D eigenvalue weighted by molar-refractivity contribution is 7.52. The van der Waals surface area contributed by atoms with Crippen molar-refractivity contribution in [3.05, 3.63) is 12.3 Å². The fourth-order valence-electron chi connectivity index (χ4n) is 4.22. The molecule has 0 saturated heterocycles. The summed E-state index contributed by atoms with van der Waals surface area (Å²) in [6.45, 7) is 0.506. The minimum atomic E-state index is -4.04. The second-order valence-electron chi connectivity index (χ2n) is 10.4. The molecular formula is C27H50F3N2O8P. The van der Waals surface area contributed by atoms with Crippen molar-refractivity contribution in [1.29, 1.82) is 0 Å². The van der Waals surface area contributed by atoms with Crippen LogP contribution in [0.2, 0.25) is 0 Å². The molecule has 0 aromatic carbocycles.